The number of cyclic esters (lactones) is 1. The predicted octanol–water partition coefficient (Wildman–Crippen LogP) is 9.58. The third-order valence-corrected chi connectivity index (χ3v) is 8.81. The van der Waals surface area contributed by atoms with Gasteiger partial charge in [0.15, 0.2) is 5.60 Å². The Labute approximate surface area is 255 Å². The van der Waals surface area contributed by atoms with Gasteiger partial charge in [-0.15, -0.1) is 0 Å². The van der Waals surface area contributed by atoms with Crippen LogP contribution in [0.1, 0.15) is 117 Å². The molecule has 0 aromatic heterocycles. The largest absolute Gasteiger partial charge is 0.441 e. The standard InChI is InChI=1S/C38H52N2O2/c1-7-11-23-39(24-12-8-2)31-19-21-34(29(5)27-31)38(36-18-16-15-17-33(36)37(41)42-38)35-22-20-32(28-30(35)6)40(25-13-9-3)26-14-10-4/h15-22,27-28H,7-14,23-26H2,1-6H3. The lowest BCUT2D eigenvalue weighted by atomic mass is 9.76. The van der Waals surface area contributed by atoms with Gasteiger partial charge in [-0.2, -0.15) is 0 Å². The fourth-order valence-corrected chi connectivity index (χ4v) is 6.38. The van der Waals surface area contributed by atoms with E-state index in [-0.39, 0.29) is 5.97 Å². The summed E-state index contributed by atoms with van der Waals surface area (Å²) in [6, 6.07) is 21.5. The van der Waals surface area contributed by atoms with Crippen molar-refractivity contribution in [3.8, 4) is 0 Å². The summed E-state index contributed by atoms with van der Waals surface area (Å²) >= 11 is 0. The van der Waals surface area contributed by atoms with Gasteiger partial charge >= 0.3 is 5.97 Å². The van der Waals surface area contributed by atoms with Gasteiger partial charge in [-0.3, -0.25) is 0 Å². The molecule has 0 amide bonds. The van der Waals surface area contributed by atoms with E-state index in [2.05, 4.69) is 93.8 Å². The molecule has 0 N–H and O–H groups in total. The van der Waals surface area contributed by atoms with E-state index >= 15 is 0 Å². The molecule has 3 aromatic rings. The molecule has 1 heterocycles. The van der Waals surface area contributed by atoms with Crippen molar-refractivity contribution in [3.63, 3.8) is 0 Å². The first-order valence-electron chi connectivity index (χ1n) is 16.5. The molecular formula is C38H52N2O2. The number of hydrogen-bond donors (Lipinski definition) is 0. The van der Waals surface area contributed by atoms with Crippen LogP contribution in [0, 0.1) is 13.8 Å². The maximum atomic E-state index is 13.4. The summed E-state index contributed by atoms with van der Waals surface area (Å²) < 4.78 is 6.55. The number of unbranched alkanes of at least 4 members (excludes halogenated alkanes) is 4. The Kier molecular flexibility index (Phi) is 11.1. The molecule has 42 heavy (non-hydrogen) atoms. The van der Waals surface area contributed by atoms with Crippen LogP contribution in [0.2, 0.25) is 0 Å². The van der Waals surface area contributed by atoms with Crippen molar-refractivity contribution >= 4 is 17.3 Å². The zero-order chi connectivity index (χ0) is 30.1. The van der Waals surface area contributed by atoms with E-state index in [9.17, 15) is 4.79 Å². The molecule has 226 valence electrons. The quantitative estimate of drug-likeness (QED) is 0.161. The number of nitrogens with zero attached hydrogens (tertiary/aromatic N) is 2. The monoisotopic (exact) mass is 568 g/mol. The lowest BCUT2D eigenvalue weighted by Gasteiger charge is -2.35. The molecule has 4 rings (SSSR count). The summed E-state index contributed by atoms with van der Waals surface area (Å²) in [6.07, 6.45) is 9.44. The molecule has 0 radical (unpaired) electrons. The van der Waals surface area contributed by atoms with Crippen molar-refractivity contribution in [1.29, 1.82) is 0 Å². The first kappa shape index (κ1) is 31.7. The molecule has 0 saturated carbocycles. The maximum absolute atomic E-state index is 13.4. The topological polar surface area (TPSA) is 32.8 Å². The Hall–Kier alpha value is -3.27. The first-order chi connectivity index (χ1) is 20.4. The molecule has 0 bridgehead atoms. The second-order valence-electron chi connectivity index (χ2n) is 12.0. The van der Waals surface area contributed by atoms with Crippen LogP contribution in [0.25, 0.3) is 0 Å². The fraction of sp³-hybridized carbons (Fsp3) is 0.500. The van der Waals surface area contributed by atoms with Crippen molar-refractivity contribution in [2.45, 2.75) is 98.5 Å². The van der Waals surface area contributed by atoms with E-state index in [4.69, 9.17) is 4.74 Å². The Morgan fingerprint density at radius 1 is 0.595 bits per heavy atom. The van der Waals surface area contributed by atoms with Crippen LogP contribution in [0.15, 0.2) is 60.7 Å². The highest BCUT2D eigenvalue weighted by molar-refractivity contribution is 5.96. The van der Waals surface area contributed by atoms with Gasteiger partial charge in [-0.1, -0.05) is 83.7 Å². The van der Waals surface area contributed by atoms with Crippen LogP contribution < -0.4 is 9.80 Å². The molecule has 1 aliphatic rings. The van der Waals surface area contributed by atoms with Crippen LogP contribution in [0.3, 0.4) is 0 Å². The van der Waals surface area contributed by atoms with E-state index in [0.717, 1.165) is 54.0 Å². The summed E-state index contributed by atoms with van der Waals surface area (Å²) in [4.78, 5) is 18.5. The predicted molar refractivity (Wildman–Crippen MR) is 178 cm³/mol. The van der Waals surface area contributed by atoms with E-state index in [1.807, 2.05) is 18.2 Å². The van der Waals surface area contributed by atoms with E-state index in [1.54, 1.807) is 0 Å². The van der Waals surface area contributed by atoms with Crippen molar-refractivity contribution in [1.82, 2.24) is 0 Å². The molecule has 0 saturated heterocycles. The SMILES string of the molecule is CCCCN(CCCC)c1ccc(C2(c3ccc(N(CCCC)CCCC)cc3C)OC(=O)c3ccccc32)c(C)c1. The van der Waals surface area contributed by atoms with Crippen molar-refractivity contribution in [2.75, 3.05) is 36.0 Å². The molecule has 0 unspecified atom stereocenters. The highest BCUT2D eigenvalue weighted by atomic mass is 16.6. The van der Waals surface area contributed by atoms with Crippen LogP contribution >= 0.6 is 0 Å². The number of rotatable bonds is 16. The number of carbonyl (C=O) groups is 1. The van der Waals surface area contributed by atoms with Crippen molar-refractivity contribution < 1.29 is 9.53 Å². The zero-order valence-corrected chi connectivity index (χ0v) is 27.0. The number of anilines is 2. The normalized spacial score (nSPS) is 13.6. The van der Waals surface area contributed by atoms with E-state index < -0.39 is 5.60 Å². The molecule has 0 spiro atoms. The number of carbonyl (C=O) groups excluding carboxylic acids is 1. The van der Waals surface area contributed by atoms with Crippen molar-refractivity contribution in [3.05, 3.63) is 94.0 Å². The van der Waals surface area contributed by atoms with Crippen LogP contribution in [0.5, 0.6) is 0 Å². The zero-order valence-electron chi connectivity index (χ0n) is 27.0. The van der Waals surface area contributed by atoms with Gasteiger partial charge in [0.1, 0.15) is 0 Å². The number of hydrogen-bond acceptors (Lipinski definition) is 4. The lowest BCUT2D eigenvalue weighted by Crippen LogP contribution is -2.32. The third kappa shape index (κ3) is 6.53. The Balaban J connectivity index is 1.83. The second kappa shape index (κ2) is 14.8. The second-order valence-corrected chi connectivity index (χ2v) is 12.0. The third-order valence-electron chi connectivity index (χ3n) is 8.81. The number of fused-ring (bicyclic) bond motifs is 1. The van der Waals surface area contributed by atoms with Crippen LogP contribution in [-0.2, 0) is 10.3 Å². The number of esters is 1. The molecular weight excluding hydrogens is 516 g/mol. The van der Waals surface area contributed by atoms with Crippen LogP contribution in [0.4, 0.5) is 11.4 Å². The van der Waals surface area contributed by atoms with Gasteiger partial charge < -0.3 is 14.5 Å². The number of aryl methyl sites for hydroxylation is 2. The lowest BCUT2D eigenvalue weighted by molar-refractivity contribution is 0.0248. The minimum atomic E-state index is -0.978. The Bertz CT molecular complexity index is 1240. The van der Waals surface area contributed by atoms with Gasteiger partial charge in [0.05, 0.1) is 5.56 Å². The van der Waals surface area contributed by atoms with E-state index in [0.29, 0.717) is 5.56 Å². The maximum Gasteiger partial charge on any atom is 0.340 e. The average Bonchev–Trinajstić information content (AvgIpc) is 3.29. The molecule has 4 nitrogen and oxygen atoms in total. The number of ether oxygens (including phenoxy) is 1. The van der Waals surface area contributed by atoms with Gasteiger partial charge in [-0.25, -0.2) is 4.79 Å². The Morgan fingerprint density at radius 3 is 1.43 bits per heavy atom. The van der Waals surface area contributed by atoms with Crippen LogP contribution in [-0.4, -0.2) is 32.1 Å². The smallest absolute Gasteiger partial charge is 0.340 e. The molecule has 0 aliphatic carbocycles. The van der Waals surface area contributed by atoms with Gasteiger partial charge in [-0.05, 0) is 81.0 Å². The minimum absolute atomic E-state index is 0.252. The summed E-state index contributed by atoms with van der Waals surface area (Å²) in [5.74, 6) is -0.252. The van der Waals surface area contributed by atoms with Gasteiger partial charge in [0, 0.05) is 54.2 Å². The van der Waals surface area contributed by atoms with E-state index in [1.165, 1.54) is 62.7 Å². The summed E-state index contributed by atoms with van der Waals surface area (Å²) in [6.45, 7) is 17.6. The highest BCUT2D eigenvalue weighted by Crippen LogP contribution is 2.49. The van der Waals surface area contributed by atoms with Gasteiger partial charge in [0.2, 0.25) is 0 Å². The molecule has 4 heteroatoms. The fourth-order valence-electron chi connectivity index (χ4n) is 6.38. The number of benzene rings is 3. The minimum Gasteiger partial charge on any atom is -0.441 e. The average molecular weight is 569 g/mol. The molecule has 0 fully saturated rings. The summed E-state index contributed by atoms with van der Waals surface area (Å²) in [5.41, 5.74) is 7.49. The van der Waals surface area contributed by atoms with Crippen molar-refractivity contribution in [2.24, 2.45) is 0 Å². The Morgan fingerprint density at radius 2 is 1.02 bits per heavy atom. The highest BCUT2D eigenvalue weighted by Gasteiger charge is 2.49. The summed E-state index contributed by atoms with van der Waals surface area (Å²) in [7, 11) is 0. The molecule has 3 aromatic carbocycles. The molecule has 1 aliphatic heterocycles. The summed E-state index contributed by atoms with van der Waals surface area (Å²) in [5, 5.41) is 0. The first-order valence-corrected chi connectivity index (χ1v) is 16.5. The molecule has 0 atom stereocenters. The van der Waals surface area contributed by atoms with Gasteiger partial charge in [0.25, 0.3) is 0 Å².